The molecule has 0 unspecified atom stereocenters. The molecule has 0 aliphatic heterocycles. The molecule has 1 aromatic heterocycles. The molecule has 9 heteroatoms. The van der Waals surface area contributed by atoms with E-state index in [1.54, 1.807) is 19.1 Å². The summed E-state index contributed by atoms with van der Waals surface area (Å²) in [5.41, 5.74) is 6.82. The predicted octanol–water partition coefficient (Wildman–Crippen LogP) is 0.461. The normalized spacial score (nSPS) is 11.3. The first-order chi connectivity index (χ1) is 9.85. The van der Waals surface area contributed by atoms with E-state index in [0.29, 0.717) is 11.3 Å². The fraction of sp³-hybridized carbons (Fsp3) is 0.167. The van der Waals surface area contributed by atoms with Crippen LogP contribution in [0.2, 0.25) is 0 Å². The fourth-order valence-electron chi connectivity index (χ4n) is 1.75. The minimum Gasteiger partial charge on any atom is -0.396 e. The lowest BCUT2D eigenvalue weighted by atomic mass is 10.2. The summed E-state index contributed by atoms with van der Waals surface area (Å²) in [5, 5.41) is 8.69. The molecule has 5 N–H and O–H groups in total. The van der Waals surface area contributed by atoms with Crippen LogP contribution in [0.5, 0.6) is 0 Å². The number of carbonyl (C=O) groups is 1. The van der Waals surface area contributed by atoms with Crippen LogP contribution in [0, 0.1) is 6.92 Å². The van der Waals surface area contributed by atoms with Gasteiger partial charge in [0.15, 0.2) is 0 Å². The van der Waals surface area contributed by atoms with Gasteiger partial charge in [-0.3, -0.25) is 9.89 Å². The van der Waals surface area contributed by atoms with E-state index in [9.17, 15) is 13.2 Å². The molecule has 0 aliphatic rings. The first kappa shape index (κ1) is 15.0. The first-order valence-electron chi connectivity index (χ1n) is 5.99. The Balaban J connectivity index is 2.33. The minimum atomic E-state index is -3.60. The van der Waals surface area contributed by atoms with Crippen molar-refractivity contribution in [3.63, 3.8) is 0 Å². The lowest BCUT2D eigenvalue weighted by Crippen LogP contribution is -2.20. The van der Waals surface area contributed by atoms with Crippen molar-refractivity contribution in [1.29, 1.82) is 0 Å². The van der Waals surface area contributed by atoms with Crippen molar-refractivity contribution < 1.29 is 13.2 Å². The van der Waals surface area contributed by atoms with E-state index < -0.39 is 15.9 Å². The largest absolute Gasteiger partial charge is 0.396 e. The van der Waals surface area contributed by atoms with Gasteiger partial charge in [0.25, 0.3) is 5.91 Å². The van der Waals surface area contributed by atoms with Crippen molar-refractivity contribution in [3.05, 3.63) is 35.7 Å². The quantitative estimate of drug-likeness (QED) is 0.652. The number of H-pyrrole nitrogens is 1. The van der Waals surface area contributed by atoms with Gasteiger partial charge in [0, 0.05) is 5.69 Å². The molecular weight excluding hydrogens is 294 g/mol. The predicted molar refractivity (Wildman–Crippen MR) is 78.4 cm³/mol. The standard InChI is InChI=1S/C12H15N5O3S/c1-7-3-4-8(5-10(7)21(19,20)14-2)16-12(18)11-9(13)6-15-17-11/h3-6,14H,13H2,1-2H3,(H,15,17)(H,16,18). The van der Waals surface area contributed by atoms with Gasteiger partial charge < -0.3 is 11.1 Å². The fourth-order valence-corrected chi connectivity index (χ4v) is 2.74. The molecule has 0 bridgehead atoms. The third-order valence-corrected chi connectivity index (χ3v) is 4.46. The Kier molecular flexibility index (Phi) is 3.96. The van der Waals surface area contributed by atoms with Gasteiger partial charge in [0.2, 0.25) is 10.0 Å². The topological polar surface area (TPSA) is 130 Å². The first-order valence-corrected chi connectivity index (χ1v) is 7.48. The van der Waals surface area contributed by atoms with Crippen molar-refractivity contribution in [2.45, 2.75) is 11.8 Å². The van der Waals surface area contributed by atoms with Crippen LogP contribution >= 0.6 is 0 Å². The van der Waals surface area contributed by atoms with E-state index in [1.807, 2.05) is 0 Å². The number of hydrogen-bond acceptors (Lipinski definition) is 5. The molecular formula is C12H15N5O3S. The van der Waals surface area contributed by atoms with Crippen LogP contribution in [0.25, 0.3) is 0 Å². The van der Waals surface area contributed by atoms with E-state index in [2.05, 4.69) is 20.2 Å². The van der Waals surface area contributed by atoms with E-state index in [0.717, 1.165) is 0 Å². The molecule has 0 atom stereocenters. The summed E-state index contributed by atoms with van der Waals surface area (Å²) in [7, 11) is -2.27. The number of nitrogens with one attached hydrogen (secondary N) is 3. The summed E-state index contributed by atoms with van der Waals surface area (Å²) < 4.78 is 26.0. The number of aromatic amines is 1. The third-order valence-electron chi connectivity index (χ3n) is 2.90. The van der Waals surface area contributed by atoms with Gasteiger partial charge in [-0.1, -0.05) is 6.07 Å². The number of aromatic nitrogens is 2. The summed E-state index contributed by atoms with van der Waals surface area (Å²) in [5.74, 6) is -0.498. The van der Waals surface area contributed by atoms with Gasteiger partial charge in [-0.15, -0.1) is 0 Å². The smallest absolute Gasteiger partial charge is 0.275 e. The Hall–Kier alpha value is -2.39. The molecule has 0 saturated carbocycles. The van der Waals surface area contributed by atoms with Crippen LogP contribution < -0.4 is 15.8 Å². The number of benzene rings is 1. The molecule has 2 rings (SSSR count). The second-order valence-electron chi connectivity index (χ2n) is 4.34. The van der Waals surface area contributed by atoms with E-state index >= 15 is 0 Å². The number of aryl methyl sites for hydroxylation is 1. The monoisotopic (exact) mass is 309 g/mol. The maximum absolute atomic E-state index is 12.0. The van der Waals surface area contributed by atoms with Crippen molar-refractivity contribution in [1.82, 2.24) is 14.9 Å². The molecule has 0 spiro atoms. The maximum atomic E-state index is 12.0. The molecule has 8 nitrogen and oxygen atoms in total. The zero-order valence-corrected chi connectivity index (χ0v) is 12.3. The Bertz CT molecular complexity index is 782. The second kappa shape index (κ2) is 5.54. The van der Waals surface area contributed by atoms with Crippen molar-refractivity contribution >= 4 is 27.3 Å². The van der Waals surface area contributed by atoms with Crippen LogP contribution in [0.15, 0.2) is 29.3 Å². The maximum Gasteiger partial charge on any atom is 0.275 e. The molecule has 0 saturated heterocycles. The molecule has 1 heterocycles. The number of sulfonamides is 1. The number of nitrogens with two attached hydrogens (primary N) is 1. The second-order valence-corrected chi connectivity index (χ2v) is 6.20. The zero-order chi connectivity index (χ0) is 15.6. The van der Waals surface area contributed by atoms with Crippen LogP contribution in [-0.4, -0.2) is 31.6 Å². The molecule has 21 heavy (non-hydrogen) atoms. The van der Waals surface area contributed by atoms with Gasteiger partial charge >= 0.3 is 0 Å². The Morgan fingerprint density at radius 2 is 2.10 bits per heavy atom. The lowest BCUT2D eigenvalue weighted by molar-refractivity contribution is 0.102. The molecule has 0 fully saturated rings. The number of hydrogen-bond donors (Lipinski definition) is 4. The SMILES string of the molecule is CNS(=O)(=O)c1cc(NC(=O)c2[nH]ncc2N)ccc1C. The highest BCUT2D eigenvalue weighted by Gasteiger charge is 2.17. The van der Waals surface area contributed by atoms with Gasteiger partial charge in [-0.2, -0.15) is 5.10 Å². The minimum absolute atomic E-state index is 0.0976. The molecule has 2 aromatic rings. The Morgan fingerprint density at radius 3 is 2.67 bits per heavy atom. The van der Waals surface area contributed by atoms with Crippen LogP contribution in [0.4, 0.5) is 11.4 Å². The number of anilines is 2. The van der Waals surface area contributed by atoms with Crippen LogP contribution in [0.3, 0.4) is 0 Å². The molecule has 0 aliphatic carbocycles. The highest BCUT2D eigenvalue weighted by Crippen LogP contribution is 2.20. The molecule has 112 valence electrons. The van der Waals surface area contributed by atoms with E-state index in [-0.39, 0.29) is 16.3 Å². The lowest BCUT2D eigenvalue weighted by Gasteiger charge is -2.10. The van der Waals surface area contributed by atoms with Crippen molar-refractivity contribution in [3.8, 4) is 0 Å². The zero-order valence-electron chi connectivity index (χ0n) is 11.5. The summed E-state index contributed by atoms with van der Waals surface area (Å²) in [6.45, 7) is 1.67. The number of carbonyl (C=O) groups excluding carboxylic acids is 1. The third kappa shape index (κ3) is 3.03. The number of nitrogen functional groups attached to an aromatic ring is 1. The van der Waals surface area contributed by atoms with Crippen LogP contribution in [-0.2, 0) is 10.0 Å². The van der Waals surface area contributed by atoms with E-state index in [1.165, 1.54) is 19.3 Å². The average molecular weight is 309 g/mol. The number of nitrogens with zero attached hydrogens (tertiary/aromatic N) is 1. The summed E-state index contributed by atoms with van der Waals surface area (Å²) in [6, 6.07) is 4.59. The number of amides is 1. The van der Waals surface area contributed by atoms with Crippen LogP contribution in [0.1, 0.15) is 16.1 Å². The van der Waals surface area contributed by atoms with Gasteiger partial charge in [-0.05, 0) is 31.7 Å². The Morgan fingerprint density at radius 1 is 1.38 bits per heavy atom. The number of rotatable bonds is 4. The Labute approximate surface area is 121 Å². The van der Waals surface area contributed by atoms with Gasteiger partial charge in [-0.25, -0.2) is 13.1 Å². The van der Waals surface area contributed by atoms with Gasteiger partial charge in [0.05, 0.1) is 16.8 Å². The van der Waals surface area contributed by atoms with Crippen molar-refractivity contribution in [2.75, 3.05) is 18.1 Å². The van der Waals surface area contributed by atoms with Gasteiger partial charge in [0.1, 0.15) is 5.69 Å². The molecule has 0 radical (unpaired) electrons. The summed E-state index contributed by atoms with van der Waals surface area (Å²) >= 11 is 0. The van der Waals surface area contributed by atoms with Crippen molar-refractivity contribution in [2.24, 2.45) is 0 Å². The van der Waals surface area contributed by atoms with E-state index in [4.69, 9.17) is 5.73 Å². The summed E-state index contributed by atoms with van der Waals surface area (Å²) in [6.07, 6.45) is 1.32. The molecule has 1 aromatic carbocycles. The summed E-state index contributed by atoms with van der Waals surface area (Å²) in [4.78, 5) is 12.1. The highest BCUT2D eigenvalue weighted by molar-refractivity contribution is 7.89. The average Bonchev–Trinajstić information content (AvgIpc) is 2.87. The highest BCUT2D eigenvalue weighted by atomic mass is 32.2. The molecule has 1 amide bonds.